The molecule has 3 aromatic carbocycles. The second kappa shape index (κ2) is 10.6. The third-order valence-corrected chi connectivity index (χ3v) is 6.53. The second-order valence-electron chi connectivity index (χ2n) is 7.56. The molecule has 0 unspecified atom stereocenters. The van der Waals surface area contributed by atoms with Gasteiger partial charge in [-0.25, -0.2) is 0 Å². The Morgan fingerprint density at radius 2 is 1.62 bits per heavy atom. The van der Waals surface area contributed by atoms with Crippen molar-refractivity contribution in [1.29, 1.82) is 0 Å². The van der Waals surface area contributed by atoms with Crippen molar-refractivity contribution in [3.05, 3.63) is 48.0 Å². The summed E-state index contributed by atoms with van der Waals surface area (Å²) in [5, 5.41) is 22.8. The summed E-state index contributed by atoms with van der Waals surface area (Å²) >= 11 is 0. The summed E-state index contributed by atoms with van der Waals surface area (Å²) in [4.78, 5) is 22.0. The topological polar surface area (TPSA) is 238 Å². The van der Waals surface area contributed by atoms with Gasteiger partial charge in [-0.15, -0.1) is 5.11 Å². The van der Waals surface area contributed by atoms with Crippen molar-refractivity contribution >= 4 is 59.9 Å². The number of benzene rings is 3. The Balaban J connectivity index is 2.19. The summed E-state index contributed by atoms with van der Waals surface area (Å²) in [6.07, 6.45) is 0. The minimum atomic E-state index is -5.04. The molecule has 0 bridgehead atoms. The molecule has 14 nitrogen and oxygen atoms in total. The molecule has 7 N–H and O–H groups in total. The summed E-state index contributed by atoms with van der Waals surface area (Å²) in [6.45, 7) is 1.62. The smallest absolute Gasteiger partial charge is 0.296 e. The lowest BCUT2D eigenvalue weighted by Crippen LogP contribution is -2.28. The lowest BCUT2D eigenvalue weighted by molar-refractivity contribution is -0.114. The van der Waals surface area contributed by atoms with Crippen LogP contribution in [0.1, 0.15) is 17.3 Å². The predicted octanol–water partition coefficient (Wildman–Crippen LogP) is 2.10. The van der Waals surface area contributed by atoms with E-state index in [0.29, 0.717) is 0 Å². The van der Waals surface area contributed by atoms with Crippen LogP contribution >= 0.6 is 0 Å². The maximum absolute atomic E-state index is 12.1. The van der Waals surface area contributed by atoms with E-state index in [1.54, 1.807) is 0 Å². The number of hydrogen-bond donors (Lipinski definition) is 6. The third kappa shape index (κ3) is 6.43. The summed E-state index contributed by atoms with van der Waals surface area (Å²) in [7, 11) is -9.85. The largest absolute Gasteiger partial charge is 0.505 e. The Kier molecular flexibility index (Phi) is 7.89. The van der Waals surface area contributed by atoms with Crippen molar-refractivity contribution in [2.75, 3.05) is 18.4 Å². The minimum absolute atomic E-state index is 0.139. The average molecular weight is 552 g/mol. The van der Waals surface area contributed by atoms with E-state index in [4.69, 9.17) is 5.73 Å². The maximum Gasteiger partial charge on any atom is 0.296 e. The Bertz CT molecular complexity index is 1640. The zero-order valence-electron chi connectivity index (χ0n) is 19.0. The van der Waals surface area contributed by atoms with Crippen molar-refractivity contribution in [2.45, 2.75) is 16.7 Å². The van der Waals surface area contributed by atoms with Gasteiger partial charge in [-0.2, -0.15) is 21.9 Å². The number of aromatic hydroxyl groups is 1. The first-order valence-electron chi connectivity index (χ1n) is 10.3. The van der Waals surface area contributed by atoms with Crippen LogP contribution in [0.4, 0.5) is 17.1 Å². The maximum atomic E-state index is 12.1. The summed E-state index contributed by atoms with van der Waals surface area (Å²) in [5.41, 5.74) is 4.76. The Morgan fingerprint density at radius 3 is 2.16 bits per heavy atom. The molecule has 0 saturated carbocycles. The molecule has 0 aromatic heterocycles. The van der Waals surface area contributed by atoms with Gasteiger partial charge >= 0.3 is 0 Å². The molecule has 0 fully saturated rings. The zero-order chi connectivity index (χ0) is 27.5. The number of amides is 2. The number of azo groups is 1. The van der Waals surface area contributed by atoms with Crippen LogP contribution in [0.15, 0.2) is 62.5 Å². The van der Waals surface area contributed by atoms with Gasteiger partial charge in [0.15, 0.2) is 5.75 Å². The standard InChI is InChI=1S/C21H21N5O9S2/c1-11(27)24-16-10-15(36(30,31)32)8-13-9-17(37(33,34)35)19(20(28)18(13)16)26-25-14-4-2-12(3-5-14)21(29)23-7-6-22/h2-5,8-10,28H,6-7,22H2,1H3,(H,23,29)(H,24,27)(H,30,31,32)(H,33,34,35). The van der Waals surface area contributed by atoms with Crippen LogP contribution in [-0.4, -0.2) is 56.0 Å². The second-order valence-corrected chi connectivity index (χ2v) is 10.4. The normalized spacial score (nSPS) is 12.1. The van der Waals surface area contributed by atoms with Gasteiger partial charge in [-0.1, -0.05) is 0 Å². The van der Waals surface area contributed by atoms with Crippen LogP contribution in [-0.2, 0) is 25.0 Å². The fourth-order valence-corrected chi connectivity index (χ4v) is 4.47. The van der Waals surface area contributed by atoms with Crippen molar-refractivity contribution in [2.24, 2.45) is 16.0 Å². The molecule has 3 aromatic rings. The van der Waals surface area contributed by atoms with Crippen LogP contribution in [0.5, 0.6) is 5.75 Å². The van der Waals surface area contributed by atoms with E-state index in [1.165, 1.54) is 24.3 Å². The van der Waals surface area contributed by atoms with E-state index >= 15 is 0 Å². The number of fused-ring (bicyclic) bond motifs is 1. The van der Waals surface area contributed by atoms with Gasteiger partial charge in [0.2, 0.25) is 5.91 Å². The number of hydrogen-bond acceptors (Lipinski definition) is 10. The molecule has 0 atom stereocenters. The van der Waals surface area contributed by atoms with Crippen LogP contribution in [0.2, 0.25) is 0 Å². The highest BCUT2D eigenvalue weighted by Crippen LogP contribution is 2.45. The molecule has 0 aliphatic carbocycles. The first-order chi connectivity index (χ1) is 17.2. The van der Waals surface area contributed by atoms with Crippen LogP contribution < -0.4 is 16.4 Å². The molecule has 0 heterocycles. The molecule has 3 rings (SSSR count). The molecular formula is C21H21N5O9S2. The quantitative estimate of drug-likeness (QED) is 0.176. The Morgan fingerprint density at radius 1 is 0.973 bits per heavy atom. The molecule has 0 aliphatic rings. The molecule has 16 heteroatoms. The fourth-order valence-electron chi connectivity index (χ4n) is 3.27. The summed E-state index contributed by atoms with van der Waals surface area (Å²) in [6, 6.07) is 8.07. The molecule has 37 heavy (non-hydrogen) atoms. The van der Waals surface area contributed by atoms with Gasteiger partial charge in [0.1, 0.15) is 10.6 Å². The first-order valence-corrected chi connectivity index (χ1v) is 13.2. The van der Waals surface area contributed by atoms with E-state index in [1.807, 2.05) is 0 Å². The molecule has 0 aliphatic heterocycles. The number of phenolic OH excluding ortho intramolecular Hbond substituents is 1. The third-order valence-electron chi connectivity index (χ3n) is 4.83. The average Bonchev–Trinajstić information content (AvgIpc) is 2.80. The molecule has 0 spiro atoms. The first kappa shape index (κ1) is 27.6. The highest BCUT2D eigenvalue weighted by atomic mass is 32.2. The fraction of sp³-hybridized carbons (Fsp3) is 0.143. The Hall–Kier alpha value is -3.96. The van der Waals surface area contributed by atoms with Gasteiger partial charge in [0, 0.05) is 31.0 Å². The van der Waals surface area contributed by atoms with Crippen molar-refractivity contribution in [1.82, 2.24) is 5.32 Å². The molecule has 2 amide bonds. The Labute approximate surface area is 210 Å². The number of carbonyl (C=O) groups is 2. The minimum Gasteiger partial charge on any atom is -0.505 e. The van der Waals surface area contributed by atoms with Crippen molar-refractivity contribution in [3.8, 4) is 5.75 Å². The molecule has 0 saturated heterocycles. The van der Waals surface area contributed by atoms with Gasteiger partial charge < -0.3 is 21.5 Å². The predicted molar refractivity (Wildman–Crippen MR) is 132 cm³/mol. The summed E-state index contributed by atoms with van der Waals surface area (Å²) < 4.78 is 66.6. The number of nitrogens with one attached hydrogen (secondary N) is 2. The van der Waals surface area contributed by atoms with Crippen molar-refractivity contribution in [3.63, 3.8) is 0 Å². The van der Waals surface area contributed by atoms with Gasteiger partial charge in [0.25, 0.3) is 26.1 Å². The molecule has 0 radical (unpaired) electrons. The lowest BCUT2D eigenvalue weighted by Gasteiger charge is -2.14. The van der Waals surface area contributed by atoms with Crippen LogP contribution in [0.3, 0.4) is 0 Å². The number of rotatable bonds is 8. The SMILES string of the molecule is CC(=O)Nc1cc(S(=O)(=O)O)cc2cc(S(=O)(=O)O)c(N=Nc3ccc(C(=O)NCCN)cc3)c(O)c12. The van der Waals surface area contributed by atoms with E-state index < -0.39 is 47.4 Å². The zero-order valence-corrected chi connectivity index (χ0v) is 20.7. The highest BCUT2D eigenvalue weighted by Gasteiger charge is 2.25. The van der Waals surface area contributed by atoms with Crippen LogP contribution in [0, 0.1) is 0 Å². The monoisotopic (exact) mass is 551 g/mol. The van der Waals surface area contributed by atoms with Gasteiger partial charge in [-0.3, -0.25) is 18.7 Å². The number of carbonyl (C=O) groups excluding carboxylic acids is 2. The number of nitrogens with two attached hydrogens (primary N) is 1. The summed E-state index contributed by atoms with van der Waals surface area (Å²) in [5.74, 6) is -1.92. The molecule has 196 valence electrons. The van der Waals surface area contributed by atoms with Crippen LogP contribution in [0.25, 0.3) is 10.8 Å². The van der Waals surface area contributed by atoms with E-state index in [2.05, 4.69) is 20.9 Å². The molecular weight excluding hydrogens is 530 g/mol. The van der Waals surface area contributed by atoms with Gasteiger partial charge in [0.05, 0.1) is 16.3 Å². The number of anilines is 1. The highest BCUT2D eigenvalue weighted by molar-refractivity contribution is 7.86. The van der Waals surface area contributed by atoms with Gasteiger partial charge in [-0.05, 0) is 47.9 Å². The lowest BCUT2D eigenvalue weighted by atomic mass is 10.1. The van der Waals surface area contributed by atoms with E-state index in [-0.39, 0.29) is 46.7 Å². The number of phenols is 1. The van der Waals surface area contributed by atoms with E-state index in [0.717, 1.165) is 25.1 Å². The van der Waals surface area contributed by atoms with Crippen molar-refractivity contribution < 1.29 is 40.6 Å². The van der Waals surface area contributed by atoms with E-state index in [9.17, 15) is 40.6 Å². The number of nitrogens with zero attached hydrogens (tertiary/aromatic N) is 2.